The SMILES string of the molecule is Cc1ccc(CI)nc1Cl. The molecule has 0 aliphatic carbocycles. The smallest absolute Gasteiger partial charge is 0.132 e. The molecule has 1 rings (SSSR count). The molecule has 0 unspecified atom stereocenters. The minimum atomic E-state index is 0.620. The molecule has 0 aromatic carbocycles. The number of halogens is 2. The van der Waals surface area contributed by atoms with Gasteiger partial charge in [-0.25, -0.2) is 4.98 Å². The van der Waals surface area contributed by atoms with Crippen molar-refractivity contribution in [3.8, 4) is 0 Å². The van der Waals surface area contributed by atoms with Crippen molar-refractivity contribution in [1.82, 2.24) is 4.98 Å². The van der Waals surface area contributed by atoms with Crippen molar-refractivity contribution >= 4 is 34.2 Å². The number of pyridine rings is 1. The van der Waals surface area contributed by atoms with Gasteiger partial charge in [0, 0.05) is 4.43 Å². The second-order valence-corrected chi connectivity index (χ2v) is 3.16. The third-order valence-electron chi connectivity index (χ3n) is 1.23. The van der Waals surface area contributed by atoms with Gasteiger partial charge in [0.1, 0.15) is 5.15 Å². The van der Waals surface area contributed by atoms with E-state index in [9.17, 15) is 0 Å². The van der Waals surface area contributed by atoms with Crippen LogP contribution in [0.5, 0.6) is 0 Å². The van der Waals surface area contributed by atoms with Crippen LogP contribution in [0, 0.1) is 6.92 Å². The van der Waals surface area contributed by atoms with Crippen molar-refractivity contribution in [3.63, 3.8) is 0 Å². The molecule has 0 N–H and O–H groups in total. The van der Waals surface area contributed by atoms with E-state index in [-0.39, 0.29) is 0 Å². The van der Waals surface area contributed by atoms with E-state index in [0.717, 1.165) is 15.7 Å². The molecule has 0 saturated heterocycles. The average molecular weight is 267 g/mol. The molecule has 0 radical (unpaired) electrons. The second-order valence-electron chi connectivity index (χ2n) is 2.04. The Morgan fingerprint density at radius 3 is 2.80 bits per heavy atom. The number of aryl methyl sites for hydroxylation is 1. The van der Waals surface area contributed by atoms with Gasteiger partial charge in [0.15, 0.2) is 0 Å². The Labute approximate surface area is 78.9 Å². The highest BCUT2D eigenvalue weighted by molar-refractivity contribution is 14.1. The van der Waals surface area contributed by atoms with Gasteiger partial charge in [-0.1, -0.05) is 40.3 Å². The monoisotopic (exact) mass is 267 g/mol. The normalized spacial score (nSPS) is 9.90. The summed E-state index contributed by atoms with van der Waals surface area (Å²) in [6, 6.07) is 3.98. The van der Waals surface area contributed by atoms with Crippen LogP contribution in [0.4, 0.5) is 0 Å². The van der Waals surface area contributed by atoms with Crippen molar-refractivity contribution in [2.24, 2.45) is 0 Å². The summed E-state index contributed by atoms with van der Waals surface area (Å²) in [5.74, 6) is 0. The number of nitrogens with zero attached hydrogens (tertiary/aromatic N) is 1. The number of rotatable bonds is 1. The Balaban J connectivity index is 3.04. The van der Waals surface area contributed by atoms with E-state index in [2.05, 4.69) is 27.6 Å². The van der Waals surface area contributed by atoms with E-state index in [1.165, 1.54) is 0 Å². The van der Waals surface area contributed by atoms with Gasteiger partial charge in [0.2, 0.25) is 0 Å². The van der Waals surface area contributed by atoms with Crippen molar-refractivity contribution < 1.29 is 0 Å². The fourth-order valence-corrected chi connectivity index (χ4v) is 1.21. The lowest BCUT2D eigenvalue weighted by atomic mass is 10.3. The molecule has 10 heavy (non-hydrogen) atoms. The fraction of sp³-hybridized carbons (Fsp3) is 0.286. The summed E-state index contributed by atoms with van der Waals surface area (Å²) in [5, 5.41) is 0.620. The fourth-order valence-electron chi connectivity index (χ4n) is 0.616. The highest BCUT2D eigenvalue weighted by atomic mass is 127. The lowest BCUT2D eigenvalue weighted by molar-refractivity contribution is 1.16. The third-order valence-corrected chi connectivity index (χ3v) is 2.39. The van der Waals surface area contributed by atoms with Gasteiger partial charge in [-0.2, -0.15) is 0 Å². The number of hydrogen-bond acceptors (Lipinski definition) is 1. The topological polar surface area (TPSA) is 12.9 Å². The van der Waals surface area contributed by atoms with E-state index >= 15 is 0 Å². The van der Waals surface area contributed by atoms with Crippen LogP contribution in [0.15, 0.2) is 12.1 Å². The molecule has 0 aliphatic rings. The van der Waals surface area contributed by atoms with E-state index in [0.29, 0.717) is 5.15 Å². The molecular formula is C7H7ClIN. The van der Waals surface area contributed by atoms with Crippen molar-refractivity contribution in [2.45, 2.75) is 11.4 Å². The van der Waals surface area contributed by atoms with Gasteiger partial charge >= 0.3 is 0 Å². The van der Waals surface area contributed by atoms with E-state index in [1.807, 2.05) is 19.1 Å². The largest absolute Gasteiger partial charge is 0.240 e. The summed E-state index contributed by atoms with van der Waals surface area (Å²) in [6.07, 6.45) is 0. The predicted octanol–water partition coefficient (Wildman–Crippen LogP) is 2.98. The highest BCUT2D eigenvalue weighted by Crippen LogP contribution is 2.13. The summed E-state index contributed by atoms with van der Waals surface area (Å²) in [5.41, 5.74) is 2.08. The molecule has 0 amide bonds. The van der Waals surface area contributed by atoms with Crippen LogP contribution in [0.3, 0.4) is 0 Å². The quantitative estimate of drug-likeness (QED) is 0.433. The first-order valence-corrected chi connectivity index (χ1v) is 4.82. The van der Waals surface area contributed by atoms with E-state index in [1.54, 1.807) is 0 Å². The molecule has 1 heterocycles. The first-order valence-electron chi connectivity index (χ1n) is 2.92. The summed E-state index contributed by atoms with van der Waals surface area (Å²) in [4.78, 5) is 4.15. The van der Waals surface area contributed by atoms with Gasteiger partial charge < -0.3 is 0 Å². The number of alkyl halides is 1. The maximum atomic E-state index is 5.78. The molecule has 0 saturated carbocycles. The third kappa shape index (κ3) is 1.83. The first-order chi connectivity index (χ1) is 4.74. The molecule has 0 bridgehead atoms. The predicted molar refractivity (Wildman–Crippen MR) is 51.7 cm³/mol. The van der Waals surface area contributed by atoms with Crippen LogP contribution in [-0.2, 0) is 4.43 Å². The van der Waals surface area contributed by atoms with Gasteiger partial charge in [-0.15, -0.1) is 0 Å². The van der Waals surface area contributed by atoms with E-state index < -0.39 is 0 Å². The zero-order chi connectivity index (χ0) is 7.56. The molecule has 1 nitrogen and oxygen atoms in total. The van der Waals surface area contributed by atoms with E-state index in [4.69, 9.17) is 11.6 Å². The van der Waals surface area contributed by atoms with Gasteiger partial charge in [-0.3, -0.25) is 0 Å². The molecule has 54 valence electrons. The molecule has 0 atom stereocenters. The first kappa shape index (κ1) is 8.27. The van der Waals surface area contributed by atoms with Crippen LogP contribution >= 0.6 is 34.2 Å². The van der Waals surface area contributed by atoms with Gasteiger partial charge in [0.25, 0.3) is 0 Å². The molecular weight excluding hydrogens is 260 g/mol. The molecule has 0 spiro atoms. The Bertz CT molecular complexity index is 237. The van der Waals surface area contributed by atoms with Crippen LogP contribution in [-0.4, -0.2) is 4.98 Å². The number of hydrogen-bond donors (Lipinski definition) is 0. The zero-order valence-electron chi connectivity index (χ0n) is 5.56. The second kappa shape index (κ2) is 3.53. The Morgan fingerprint density at radius 2 is 2.30 bits per heavy atom. The Hall–Kier alpha value is 0.170. The minimum Gasteiger partial charge on any atom is -0.240 e. The molecule has 3 heteroatoms. The molecule has 0 aliphatic heterocycles. The maximum Gasteiger partial charge on any atom is 0.132 e. The maximum absolute atomic E-state index is 5.78. The van der Waals surface area contributed by atoms with Crippen LogP contribution in [0.2, 0.25) is 5.15 Å². The average Bonchev–Trinajstić information content (AvgIpc) is 1.95. The van der Waals surface area contributed by atoms with Crippen molar-refractivity contribution in [3.05, 3.63) is 28.5 Å². The van der Waals surface area contributed by atoms with Crippen molar-refractivity contribution in [2.75, 3.05) is 0 Å². The molecule has 0 fully saturated rings. The minimum absolute atomic E-state index is 0.620. The Morgan fingerprint density at radius 1 is 1.60 bits per heavy atom. The van der Waals surface area contributed by atoms with Crippen LogP contribution < -0.4 is 0 Å². The van der Waals surface area contributed by atoms with Gasteiger partial charge in [0.05, 0.1) is 5.69 Å². The standard InChI is InChI=1S/C7H7ClIN/c1-5-2-3-6(4-9)10-7(5)8/h2-3H,4H2,1H3. The summed E-state index contributed by atoms with van der Waals surface area (Å²) in [7, 11) is 0. The van der Waals surface area contributed by atoms with Crippen molar-refractivity contribution in [1.29, 1.82) is 0 Å². The number of aromatic nitrogens is 1. The summed E-state index contributed by atoms with van der Waals surface area (Å²) >= 11 is 8.04. The Kier molecular flexibility index (Phi) is 2.92. The van der Waals surface area contributed by atoms with Crippen LogP contribution in [0.1, 0.15) is 11.3 Å². The lowest BCUT2D eigenvalue weighted by Gasteiger charge is -1.97. The summed E-state index contributed by atoms with van der Waals surface area (Å²) < 4.78 is 0.914. The zero-order valence-corrected chi connectivity index (χ0v) is 8.48. The van der Waals surface area contributed by atoms with Gasteiger partial charge in [-0.05, 0) is 18.6 Å². The summed E-state index contributed by atoms with van der Waals surface area (Å²) in [6.45, 7) is 1.95. The van der Waals surface area contributed by atoms with Crippen LogP contribution in [0.25, 0.3) is 0 Å². The lowest BCUT2D eigenvalue weighted by Crippen LogP contribution is -1.86. The molecule has 1 aromatic rings. The highest BCUT2D eigenvalue weighted by Gasteiger charge is 1.96. The molecule has 1 aromatic heterocycles.